The standard InChI is InChI=1S/C26H28N4O3S2/c1-18-6-8-19(9-7-18)35(31,32)30-12-10-29(11-13-30)25-21(16-27)20-15-26(2,3)34-17-22(20)24(28-25)23-5-4-14-33-23/h4-9,14H,10-13,15,17H2,1-3H3. The highest BCUT2D eigenvalue weighted by Gasteiger charge is 2.35. The van der Waals surface area contributed by atoms with Gasteiger partial charge in [0.05, 0.1) is 16.7 Å². The molecule has 182 valence electrons. The first kappa shape index (κ1) is 23.9. The van der Waals surface area contributed by atoms with Crippen LogP contribution in [0.4, 0.5) is 5.82 Å². The molecule has 9 heteroatoms. The summed E-state index contributed by atoms with van der Waals surface area (Å²) in [7, 11) is -3.57. The van der Waals surface area contributed by atoms with Gasteiger partial charge in [0.15, 0.2) is 5.76 Å². The summed E-state index contributed by atoms with van der Waals surface area (Å²) in [6.07, 6.45) is 2.40. The second-order valence-electron chi connectivity index (χ2n) is 9.63. The van der Waals surface area contributed by atoms with Crippen molar-refractivity contribution in [1.29, 1.82) is 5.26 Å². The number of benzene rings is 1. The predicted molar refractivity (Wildman–Crippen MR) is 138 cm³/mol. The molecule has 4 heterocycles. The summed E-state index contributed by atoms with van der Waals surface area (Å²) in [6.45, 7) is 7.91. The van der Waals surface area contributed by atoms with Crippen molar-refractivity contribution in [3.8, 4) is 17.5 Å². The van der Waals surface area contributed by atoms with E-state index in [0.29, 0.717) is 48.2 Å². The number of fused-ring (bicyclic) bond motifs is 1. The molecule has 0 bridgehead atoms. The summed E-state index contributed by atoms with van der Waals surface area (Å²) in [4.78, 5) is 7.30. The van der Waals surface area contributed by atoms with E-state index >= 15 is 0 Å². The number of nitriles is 1. The number of piperazine rings is 1. The summed E-state index contributed by atoms with van der Waals surface area (Å²) in [5.41, 5.74) is 4.48. The molecule has 0 spiro atoms. The number of pyridine rings is 1. The lowest BCUT2D eigenvalue weighted by atomic mass is 9.91. The molecule has 1 aromatic carbocycles. The average Bonchev–Trinajstić information content (AvgIpc) is 3.37. The van der Waals surface area contributed by atoms with Crippen LogP contribution in [-0.4, -0.2) is 48.6 Å². The third-order valence-corrected chi connectivity index (χ3v) is 9.94. The molecule has 5 rings (SSSR count). The zero-order valence-electron chi connectivity index (χ0n) is 20.1. The van der Waals surface area contributed by atoms with E-state index in [9.17, 15) is 13.7 Å². The van der Waals surface area contributed by atoms with Crippen LogP contribution in [-0.2, 0) is 22.2 Å². The maximum Gasteiger partial charge on any atom is 0.243 e. The molecule has 1 saturated heterocycles. The van der Waals surface area contributed by atoms with Gasteiger partial charge in [0.25, 0.3) is 0 Å². The zero-order chi connectivity index (χ0) is 24.8. The minimum atomic E-state index is -3.57. The minimum absolute atomic E-state index is 0.0124. The molecule has 0 aliphatic carbocycles. The summed E-state index contributed by atoms with van der Waals surface area (Å²) in [5.74, 6) is 2.07. The zero-order valence-corrected chi connectivity index (χ0v) is 21.7. The number of hydrogen-bond donors (Lipinski definition) is 0. The maximum absolute atomic E-state index is 13.2. The Kier molecular flexibility index (Phi) is 6.16. The molecule has 0 radical (unpaired) electrons. The van der Waals surface area contributed by atoms with Crippen molar-refractivity contribution in [2.45, 2.75) is 42.6 Å². The number of sulfonamides is 1. The maximum atomic E-state index is 13.2. The molecule has 1 fully saturated rings. The van der Waals surface area contributed by atoms with Gasteiger partial charge in [-0.2, -0.15) is 21.3 Å². The van der Waals surface area contributed by atoms with E-state index in [0.717, 1.165) is 34.6 Å². The van der Waals surface area contributed by atoms with Crippen molar-refractivity contribution < 1.29 is 12.8 Å². The van der Waals surface area contributed by atoms with Crippen molar-refractivity contribution in [2.24, 2.45) is 0 Å². The Balaban J connectivity index is 1.48. The Bertz CT molecular complexity index is 1380. The largest absolute Gasteiger partial charge is 0.463 e. The molecule has 7 nitrogen and oxygen atoms in total. The normalized spacial score (nSPS) is 18.2. The van der Waals surface area contributed by atoms with Crippen molar-refractivity contribution in [2.75, 3.05) is 31.1 Å². The number of anilines is 1. The number of nitrogens with zero attached hydrogens (tertiary/aromatic N) is 4. The number of hydrogen-bond acceptors (Lipinski definition) is 7. The second kappa shape index (κ2) is 9.01. The molecule has 2 aliphatic heterocycles. The smallest absolute Gasteiger partial charge is 0.243 e. The van der Waals surface area contributed by atoms with Gasteiger partial charge in [0.2, 0.25) is 10.0 Å². The fourth-order valence-electron chi connectivity index (χ4n) is 4.72. The lowest BCUT2D eigenvalue weighted by Crippen LogP contribution is -2.49. The van der Waals surface area contributed by atoms with Gasteiger partial charge in [-0.05, 0) is 48.7 Å². The van der Waals surface area contributed by atoms with Crippen molar-refractivity contribution in [3.05, 3.63) is 64.9 Å². The molecule has 0 unspecified atom stereocenters. The third-order valence-electron chi connectivity index (χ3n) is 6.67. The Morgan fingerprint density at radius 1 is 1.09 bits per heavy atom. The highest BCUT2D eigenvalue weighted by atomic mass is 32.2. The Morgan fingerprint density at radius 2 is 1.80 bits per heavy atom. The fourth-order valence-corrected chi connectivity index (χ4v) is 7.23. The van der Waals surface area contributed by atoms with Crippen LogP contribution in [0, 0.1) is 18.3 Å². The number of thioether (sulfide) groups is 1. The topological polar surface area (TPSA) is 90.4 Å². The monoisotopic (exact) mass is 508 g/mol. The lowest BCUT2D eigenvalue weighted by molar-refractivity contribution is 0.383. The van der Waals surface area contributed by atoms with Crippen LogP contribution in [0.2, 0.25) is 0 Å². The van der Waals surface area contributed by atoms with E-state index < -0.39 is 10.0 Å². The van der Waals surface area contributed by atoms with E-state index in [-0.39, 0.29) is 4.75 Å². The van der Waals surface area contributed by atoms with Crippen LogP contribution < -0.4 is 4.90 Å². The van der Waals surface area contributed by atoms with Crippen LogP contribution in [0.5, 0.6) is 0 Å². The van der Waals surface area contributed by atoms with Gasteiger partial charge in [-0.25, -0.2) is 13.4 Å². The molecule has 2 aromatic heterocycles. The first-order valence-corrected chi connectivity index (χ1v) is 14.1. The summed E-state index contributed by atoms with van der Waals surface area (Å²) < 4.78 is 33.6. The summed E-state index contributed by atoms with van der Waals surface area (Å²) in [5, 5.41) is 10.2. The quantitative estimate of drug-likeness (QED) is 0.509. The summed E-state index contributed by atoms with van der Waals surface area (Å²) in [6, 6.07) is 13.1. The highest BCUT2D eigenvalue weighted by molar-refractivity contribution is 7.99. The van der Waals surface area contributed by atoms with Gasteiger partial charge in [0, 0.05) is 36.7 Å². The average molecular weight is 509 g/mol. The van der Waals surface area contributed by atoms with E-state index in [1.807, 2.05) is 47.9 Å². The molecule has 0 amide bonds. The van der Waals surface area contributed by atoms with E-state index in [1.165, 1.54) is 4.31 Å². The SMILES string of the molecule is Cc1ccc(S(=O)(=O)N2CCN(c3nc(-c4ccco4)c4c(c3C#N)CC(C)(C)SC4)CC2)cc1. The van der Waals surface area contributed by atoms with Gasteiger partial charge in [-0.1, -0.05) is 31.5 Å². The molecular weight excluding hydrogens is 480 g/mol. The van der Waals surface area contributed by atoms with Crippen LogP contribution in [0.25, 0.3) is 11.5 Å². The fraction of sp³-hybridized carbons (Fsp3) is 0.385. The van der Waals surface area contributed by atoms with Crippen molar-refractivity contribution in [1.82, 2.24) is 9.29 Å². The third kappa shape index (κ3) is 4.46. The van der Waals surface area contributed by atoms with Gasteiger partial charge < -0.3 is 9.32 Å². The molecule has 0 N–H and O–H groups in total. The molecule has 2 aliphatic rings. The van der Waals surface area contributed by atoms with E-state index in [1.54, 1.807) is 18.4 Å². The first-order valence-electron chi connectivity index (χ1n) is 11.6. The van der Waals surface area contributed by atoms with E-state index in [4.69, 9.17) is 9.40 Å². The van der Waals surface area contributed by atoms with Crippen LogP contribution in [0.1, 0.15) is 36.1 Å². The summed E-state index contributed by atoms with van der Waals surface area (Å²) >= 11 is 1.86. The number of rotatable bonds is 4. The van der Waals surface area contributed by atoms with Crippen molar-refractivity contribution in [3.63, 3.8) is 0 Å². The molecule has 3 aromatic rings. The van der Waals surface area contributed by atoms with Crippen LogP contribution in [0.3, 0.4) is 0 Å². The molecule has 0 saturated carbocycles. The van der Waals surface area contributed by atoms with Crippen LogP contribution >= 0.6 is 11.8 Å². The van der Waals surface area contributed by atoms with E-state index in [2.05, 4.69) is 19.9 Å². The van der Waals surface area contributed by atoms with Gasteiger partial charge in [0.1, 0.15) is 17.6 Å². The number of furan rings is 1. The first-order chi connectivity index (χ1) is 16.7. The Morgan fingerprint density at radius 3 is 2.43 bits per heavy atom. The van der Waals surface area contributed by atoms with Gasteiger partial charge in [-0.3, -0.25) is 0 Å². The molecule has 0 atom stereocenters. The number of aromatic nitrogens is 1. The highest BCUT2D eigenvalue weighted by Crippen LogP contribution is 2.44. The second-order valence-corrected chi connectivity index (χ2v) is 13.3. The van der Waals surface area contributed by atoms with Gasteiger partial charge >= 0.3 is 0 Å². The Hall–Kier alpha value is -2.80. The van der Waals surface area contributed by atoms with Crippen molar-refractivity contribution >= 4 is 27.6 Å². The van der Waals surface area contributed by atoms with Crippen LogP contribution in [0.15, 0.2) is 52.0 Å². The minimum Gasteiger partial charge on any atom is -0.463 e. The predicted octanol–water partition coefficient (Wildman–Crippen LogP) is 4.60. The van der Waals surface area contributed by atoms with Gasteiger partial charge in [-0.15, -0.1) is 0 Å². The number of aryl methyl sites for hydroxylation is 1. The molecule has 35 heavy (non-hydrogen) atoms. The lowest BCUT2D eigenvalue weighted by Gasteiger charge is -2.37. The Labute approximate surface area is 210 Å². The molecular formula is C26H28N4O3S2.